The number of rotatable bonds is 4. The minimum Gasteiger partial charge on any atom is -0.388 e. The maximum absolute atomic E-state index is 10.3. The summed E-state index contributed by atoms with van der Waals surface area (Å²) in [7, 11) is 0. The van der Waals surface area contributed by atoms with Gasteiger partial charge in [0.2, 0.25) is 0 Å². The highest BCUT2D eigenvalue weighted by atomic mass is 35.5. The van der Waals surface area contributed by atoms with E-state index in [-0.39, 0.29) is 0 Å². The van der Waals surface area contributed by atoms with E-state index >= 15 is 0 Å². The molecule has 5 heteroatoms. The number of aliphatic hydroxyl groups is 1. The van der Waals surface area contributed by atoms with E-state index in [0.717, 1.165) is 17.9 Å². The Labute approximate surface area is 122 Å². The number of benzene rings is 1. The summed E-state index contributed by atoms with van der Waals surface area (Å²) in [5.74, 6) is 0. The zero-order valence-corrected chi connectivity index (χ0v) is 12.4. The molecule has 1 aromatic carbocycles. The summed E-state index contributed by atoms with van der Waals surface area (Å²) >= 11 is 12.1. The number of aromatic nitrogens is 2. The Morgan fingerprint density at radius 2 is 2.11 bits per heavy atom. The van der Waals surface area contributed by atoms with E-state index in [4.69, 9.17) is 23.2 Å². The van der Waals surface area contributed by atoms with E-state index in [1.54, 1.807) is 18.2 Å². The minimum absolute atomic E-state index is 0.413. The molecule has 0 aliphatic carbocycles. The van der Waals surface area contributed by atoms with E-state index in [0.29, 0.717) is 22.0 Å². The molecule has 102 valence electrons. The fourth-order valence-electron chi connectivity index (χ4n) is 2.12. The molecule has 0 saturated heterocycles. The third-order valence-electron chi connectivity index (χ3n) is 3.03. The largest absolute Gasteiger partial charge is 0.388 e. The number of aliphatic hydroxyl groups excluding tert-OH is 1. The van der Waals surface area contributed by atoms with Gasteiger partial charge in [0.25, 0.3) is 0 Å². The molecule has 0 aliphatic heterocycles. The molecule has 1 unspecified atom stereocenters. The zero-order chi connectivity index (χ0) is 14.0. The van der Waals surface area contributed by atoms with Crippen LogP contribution in [0.4, 0.5) is 0 Å². The fourth-order valence-corrected chi connectivity index (χ4v) is 2.56. The molecule has 1 aromatic heterocycles. The molecule has 1 N–H and O–H groups in total. The van der Waals surface area contributed by atoms with Crippen LogP contribution in [-0.4, -0.2) is 14.9 Å². The Kier molecular flexibility index (Phi) is 4.50. The normalized spacial score (nSPS) is 12.7. The fraction of sp³-hybridized carbons (Fsp3) is 0.357. The highest BCUT2D eigenvalue weighted by molar-refractivity contribution is 6.42. The molecular weight excluding hydrogens is 283 g/mol. The quantitative estimate of drug-likeness (QED) is 0.932. The van der Waals surface area contributed by atoms with E-state index in [9.17, 15) is 5.11 Å². The van der Waals surface area contributed by atoms with Crippen LogP contribution in [0.1, 0.15) is 30.0 Å². The van der Waals surface area contributed by atoms with Crippen molar-refractivity contribution in [2.45, 2.75) is 32.9 Å². The van der Waals surface area contributed by atoms with Crippen molar-refractivity contribution in [3.8, 4) is 0 Å². The SMILES string of the molecule is CCn1nc(C)cc1CC(O)c1cccc(Cl)c1Cl. The van der Waals surface area contributed by atoms with E-state index in [1.807, 2.05) is 24.6 Å². The van der Waals surface area contributed by atoms with Crippen molar-refractivity contribution >= 4 is 23.2 Å². The predicted octanol–water partition coefficient (Wildman–Crippen LogP) is 3.79. The molecule has 0 radical (unpaired) electrons. The number of nitrogens with zero attached hydrogens (tertiary/aromatic N) is 2. The van der Waals surface area contributed by atoms with Gasteiger partial charge in [-0.15, -0.1) is 0 Å². The molecule has 1 atom stereocenters. The summed E-state index contributed by atoms with van der Waals surface area (Å²) in [6.07, 6.45) is -0.220. The van der Waals surface area contributed by atoms with Gasteiger partial charge < -0.3 is 5.11 Å². The van der Waals surface area contributed by atoms with Crippen LogP contribution in [0.2, 0.25) is 10.0 Å². The molecule has 0 spiro atoms. The standard InChI is InChI=1S/C14H16Cl2N2O/c1-3-18-10(7-9(2)17-18)8-13(19)11-5-4-6-12(15)14(11)16/h4-7,13,19H,3,8H2,1-2H3. The molecular formula is C14H16Cl2N2O. The molecule has 0 amide bonds. The lowest BCUT2D eigenvalue weighted by Crippen LogP contribution is -2.09. The molecule has 0 saturated carbocycles. The van der Waals surface area contributed by atoms with Crippen molar-refractivity contribution in [2.75, 3.05) is 0 Å². The van der Waals surface area contributed by atoms with Crippen LogP contribution in [0.5, 0.6) is 0 Å². The van der Waals surface area contributed by atoms with Crippen LogP contribution in [0, 0.1) is 6.92 Å². The molecule has 2 aromatic rings. The summed E-state index contributed by atoms with van der Waals surface area (Å²) in [5, 5.41) is 15.6. The van der Waals surface area contributed by atoms with Gasteiger partial charge in [-0.1, -0.05) is 35.3 Å². The average Bonchev–Trinajstić information content (AvgIpc) is 2.72. The van der Waals surface area contributed by atoms with Gasteiger partial charge in [-0.05, 0) is 26.0 Å². The van der Waals surface area contributed by atoms with Crippen LogP contribution in [0.15, 0.2) is 24.3 Å². The Bertz CT molecular complexity index is 581. The van der Waals surface area contributed by atoms with E-state index in [1.165, 1.54) is 0 Å². The first kappa shape index (κ1) is 14.4. The third-order valence-corrected chi connectivity index (χ3v) is 3.86. The Morgan fingerprint density at radius 3 is 2.79 bits per heavy atom. The molecule has 0 bridgehead atoms. The average molecular weight is 299 g/mol. The second-order valence-corrected chi connectivity index (χ2v) is 5.24. The van der Waals surface area contributed by atoms with Gasteiger partial charge in [-0.25, -0.2) is 0 Å². The van der Waals surface area contributed by atoms with Crippen LogP contribution in [0.25, 0.3) is 0 Å². The summed E-state index contributed by atoms with van der Waals surface area (Å²) < 4.78 is 1.89. The highest BCUT2D eigenvalue weighted by Crippen LogP contribution is 2.31. The summed E-state index contributed by atoms with van der Waals surface area (Å²) in [6, 6.07) is 7.26. The highest BCUT2D eigenvalue weighted by Gasteiger charge is 2.16. The molecule has 0 fully saturated rings. The lowest BCUT2D eigenvalue weighted by Gasteiger charge is -2.14. The second-order valence-electron chi connectivity index (χ2n) is 4.46. The van der Waals surface area contributed by atoms with Gasteiger partial charge in [-0.2, -0.15) is 5.10 Å². The molecule has 19 heavy (non-hydrogen) atoms. The Hall–Kier alpha value is -1.03. The van der Waals surface area contributed by atoms with Gasteiger partial charge in [-0.3, -0.25) is 4.68 Å². The lowest BCUT2D eigenvalue weighted by molar-refractivity contribution is 0.175. The Balaban J connectivity index is 2.25. The number of hydrogen-bond acceptors (Lipinski definition) is 2. The van der Waals surface area contributed by atoms with E-state index < -0.39 is 6.10 Å². The van der Waals surface area contributed by atoms with Gasteiger partial charge in [0.1, 0.15) is 0 Å². The number of hydrogen-bond donors (Lipinski definition) is 1. The number of halogens is 2. The summed E-state index contributed by atoms with van der Waals surface area (Å²) in [4.78, 5) is 0. The van der Waals surface area contributed by atoms with Crippen LogP contribution in [-0.2, 0) is 13.0 Å². The number of aryl methyl sites for hydroxylation is 2. The zero-order valence-electron chi connectivity index (χ0n) is 10.9. The molecule has 3 nitrogen and oxygen atoms in total. The molecule has 2 rings (SSSR count). The van der Waals surface area contributed by atoms with Crippen molar-refractivity contribution in [2.24, 2.45) is 0 Å². The summed E-state index contributed by atoms with van der Waals surface area (Å²) in [6.45, 7) is 4.74. The van der Waals surface area contributed by atoms with Crippen molar-refractivity contribution in [1.29, 1.82) is 0 Å². The monoisotopic (exact) mass is 298 g/mol. The van der Waals surface area contributed by atoms with Gasteiger partial charge >= 0.3 is 0 Å². The van der Waals surface area contributed by atoms with Gasteiger partial charge in [0.05, 0.1) is 21.8 Å². The first-order chi connectivity index (χ1) is 9.02. The first-order valence-corrected chi connectivity index (χ1v) is 6.93. The van der Waals surface area contributed by atoms with Gasteiger partial charge in [0, 0.05) is 24.2 Å². The predicted molar refractivity (Wildman–Crippen MR) is 77.8 cm³/mol. The van der Waals surface area contributed by atoms with Crippen LogP contribution >= 0.6 is 23.2 Å². The topological polar surface area (TPSA) is 38.0 Å². The molecule has 0 aliphatic rings. The third kappa shape index (κ3) is 3.11. The smallest absolute Gasteiger partial charge is 0.0860 e. The van der Waals surface area contributed by atoms with Crippen molar-refractivity contribution in [3.63, 3.8) is 0 Å². The van der Waals surface area contributed by atoms with Crippen molar-refractivity contribution < 1.29 is 5.11 Å². The van der Waals surface area contributed by atoms with Crippen molar-refractivity contribution in [3.05, 3.63) is 51.3 Å². The lowest BCUT2D eigenvalue weighted by atomic mass is 10.0. The van der Waals surface area contributed by atoms with Crippen LogP contribution < -0.4 is 0 Å². The van der Waals surface area contributed by atoms with Crippen LogP contribution in [0.3, 0.4) is 0 Å². The van der Waals surface area contributed by atoms with Crippen molar-refractivity contribution in [1.82, 2.24) is 9.78 Å². The first-order valence-electron chi connectivity index (χ1n) is 6.18. The Morgan fingerprint density at radius 1 is 1.37 bits per heavy atom. The summed E-state index contributed by atoms with van der Waals surface area (Å²) in [5.41, 5.74) is 2.58. The maximum atomic E-state index is 10.3. The van der Waals surface area contributed by atoms with Gasteiger partial charge in [0.15, 0.2) is 0 Å². The maximum Gasteiger partial charge on any atom is 0.0860 e. The van der Waals surface area contributed by atoms with E-state index in [2.05, 4.69) is 5.10 Å². The molecule has 1 heterocycles. The minimum atomic E-state index is -0.687. The second kappa shape index (κ2) is 5.95.